The molecule has 0 radical (unpaired) electrons. The summed E-state index contributed by atoms with van der Waals surface area (Å²) in [7, 11) is 0. The summed E-state index contributed by atoms with van der Waals surface area (Å²) in [5.41, 5.74) is 6.01. The van der Waals surface area contributed by atoms with E-state index in [0.717, 1.165) is 0 Å². The molecule has 0 spiro atoms. The van der Waals surface area contributed by atoms with Crippen molar-refractivity contribution in [1.82, 2.24) is 0 Å². The van der Waals surface area contributed by atoms with Crippen LogP contribution in [0.15, 0.2) is 36.4 Å². The van der Waals surface area contributed by atoms with E-state index in [0.29, 0.717) is 30.0 Å². The Balaban J connectivity index is 1.71. The van der Waals surface area contributed by atoms with Crippen molar-refractivity contribution >= 4 is 5.57 Å². The zero-order valence-electron chi connectivity index (χ0n) is 14.6. The second-order valence-corrected chi connectivity index (χ2v) is 7.74. The molecule has 0 aromatic heterocycles. The zero-order valence-corrected chi connectivity index (χ0v) is 14.6. The quantitative estimate of drug-likeness (QED) is 0.642. The Hall–Kier alpha value is -1.34. The van der Waals surface area contributed by atoms with Gasteiger partial charge in [0.15, 0.2) is 0 Å². The van der Waals surface area contributed by atoms with Crippen molar-refractivity contribution in [2.45, 2.75) is 64.6 Å². The fraction of sp³-hybridized carbons (Fsp3) is 0.545. The molecule has 1 heteroatoms. The van der Waals surface area contributed by atoms with Gasteiger partial charge in [0.25, 0.3) is 0 Å². The van der Waals surface area contributed by atoms with Crippen molar-refractivity contribution in [3.8, 4) is 0 Å². The van der Waals surface area contributed by atoms with Crippen LogP contribution in [0.3, 0.4) is 0 Å². The molecule has 122 valence electrons. The van der Waals surface area contributed by atoms with Gasteiger partial charge in [0.1, 0.15) is 0 Å². The molecule has 2 heterocycles. The molecule has 0 unspecified atom stereocenters. The maximum absolute atomic E-state index is 6.12. The van der Waals surface area contributed by atoms with Gasteiger partial charge in [-0.3, -0.25) is 0 Å². The average molecular weight is 308 g/mol. The predicted molar refractivity (Wildman–Crippen MR) is 96.5 cm³/mol. The maximum atomic E-state index is 6.12. The lowest BCUT2D eigenvalue weighted by molar-refractivity contribution is -0.0573. The highest BCUT2D eigenvalue weighted by atomic mass is 16.5. The van der Waals surface area contributed by atoms with E-state index >= 15 is 0 Å². The van der Waals surface area contributed by atoms with E-state index < -0.39 is 0 Å². The second kappa shape index (κ2) is 5.94. The van der Waals surface area contributed by atoms with E-state index in [2.05, 4.69) is 57.2 Å². The molecule has 0 amide bonds. The third kappa shape index (κ3) is 2.59. The highest BCUT2D eigenvalue weighted by Gasteiger charge is 2.43. The van der Waals surface area contributed by atoms with Crippen LogP contribution in [0.25, 0.3) is 5.57 Å². The number of rotatable bonds is 2. The van der Waals surface area contributed by atoms with Crippen molar-refractivity contribution in [3.05, 3.63) is 53.1 Å². The van der Waals surface area contributed by atoms with E-state index in [-0.39, 0.29) is 0 Å². The first kappa shape index (κ1) is 15.2. The Bertz CT molecular complexity index is 636. The Morgan fingerprint density at radius 2 is 1.74 bits per heavy atom. The summed E-state index contributed by atoms with van der Waals surface area (Å²) in [5.74, 6) is 1.70. The lowest BCUT2D eigenvalue weighted by Gasteiger charge is -2.40. The molecule has 1 aromatic carbocycles. The van der Waals surface area contributed by atoms with Gasteiger partial charge in [0, 0.05) is 0 Å². The first-order valence-corrected chi connectivity index (χ1v) is 9.29. The van der Waals surface area contributed by atoms with Crippen LogP contribution in [0, 0.1) is 18.8 Å². The molecule has 0 saturated carbocycles. The van der Waals surface area contributed by atoms with E-state index in [1.165, 1.54) is 42.4 Å². The van der Waals surface area contributed by atoms with Crippen LogP contribution in [0.1, 0.15) is 62.1 Å². The summed E-state index contributed by atoms with van der Waals surface area (Å²) < 4.78 is 6.12. The van der Waals surface area contributed by atoms with Crippen LogP contribution in [0.2, 0.25) is 0 Å². The molecule has 5 atom stereocenters. The molecule has 1 fully saturated rings. The molecule has 2 bridgehead atoms. The summed E-state index contributed by atoms with van der Waals surface area (Å²) in [5, 5.41) is 0. The number of aryl methyl sites for hydroxylation is 1. The molecule has 3 aliphatic rings. The lowest BCUT2D eigenvalue weighted by Crippen LogP contribution is -2.39. The van der Waals surface area contributed by atoms with Gasteiger partial charge >= 0.3 is 0 Å². The molecule has 2 aliphatic heterocycles. The number of ether oxygens (including phenoxy) is 1. The van der Waals surface area contributed by atoms with E-state index in [1.54, 1.807) is 5.57 Å². The zero-order chi connectivity index (χ0) is 16.0. The molecule has 1 saturated heterocycles. The smallest absolute Gasteiger partial charge is 0.0796 e. The SMILES string of the molecule is Cc1ccc([C@H]2[C@@H](C)[C@H]3C=C[C@H](O3)[C@H]2C)cc1C1=CCCCC1. The topological polar surface area (TPSA) is 9.23 Å². The monoisotopic (exact) mass is 308 g/mol. The largest absolute Gasteiger partial charge is 0.366 e. The molecular formula is C22H28O. The Morgan fingerprint density at radius 3 is 2.39 bits per heavy atom. The van der Waals surface area contributed by atoms with Crippen LogP contribution >= 0.6 is 0 Å². The minimum absolute atomic E-state index is 0.305. The Labute approximate surface area is 140 Å². The molecule has 1 aliphatic carbocycles. The summed E-state index contributed by atoms with van der Waals surface area (Å²) in [4.78, 5) is 0. The van der Waals surface area contributed by atoms with Gasteiger partial charge < -0.3 is 4.74 Å². The second-order valence-electron chi connectivity index (χ2n) is 7.74. The van der Waals surface area contributed by atoms with Crippen LogP contribution in [-0.4, -0.2) is 12.2 Å². The maximum Gasteiger partial charge on any atom is 0.0796 e. The van der Waals surface area contributed by atoms with Crippen LogP contribution in [0.5, 0.6) is 0 Å². The Morgan fingerprint density at radius 1 is 1.00 bits per heavy atom. The highest BCUT2D eigenvalue weighted by Crippen LogP contribution is 2.46. The first-order chi connectivity index (χ1) is 11.1. The summed E-state index contributed by atoms with van der Waals surface area (Å²) in [6.07, 6.45) is 12.8. The molecule has 23 heavy (non-hydrogen) atoms. The average Bonchev–Trinajstić information content (AvgIpc) is 3.03. The number of hydrogen-bond donors (Lipinski definition) is 0. The van der Waals surface area contributed by atoms with Gasteiger partial charge in [0.2, 0.25) is 0 Å². The summed E-state index contributed by atoms with van der Waals surface area (Å²) in [6, 6.07) is 7.20. The standard InChI is InChI=1S/C22H28O/c1-14-9-10-18(13-19(14)17-7-5-4-6-8-17)22-15(2)20-11-12-21(23-20)16(22)3/h7,9-13,15-16,20-22H,4-6,8H2,1-3H3/t15-,16+,20+,21-,22-. The van der Waals surface area contributed by atoms with E-state index in [1.807, 2.05) is 0 Å². The van der Waals surface area contributed by atoms with Crippen molar-refractivity contribution in [2.24, 2.45) is 11.8 Å². The fourth-order valence-corrected chi connectivity index (χ4v) is 4.86. The minimum atomic E-state index is 0.305. The molecule has 0 N–H and O–H groups in total. The van der Waals surface area contributed by atoms with Gasteiger partial charge in [-0.25, -0.2) is 0 Å². The first-order valence-electron chi connectivity index (χ1n) is 9.29. The van der Waals surface area contributed by atoms with Gasteiger partial charge in [-0.2, -0.15) is 0 Å². The van der Waals surface area contributed by atoms with Gasteiger partial charge in [-0.1, -0.05) is 50.3 Å². The van der Waals surface area contributed by atoms with Gasteiger partial charge in [0.05, 0.1) is 12.2 Å². The third-order valence-corrected chi connectivity index (χ3v) is 6.26. The molecular weight excluding hydrogens is 280 g/mol. The van der Waals surface area contributed by atoms with Gasteiger partial charge in [-0.05, 0) is 72.6 Å². The molecule has 4 rings (SSSR count). The number of allylic oxidation sites excluding steroid dienone is 2. The summed E-state index contributed by atoms with van der Waals surface area (Å²) >= 11 is 0. The molecule has 1 nitrogen and oxygen atoms in total. The van der Waals surface area contributed by atoms with Gasteiger partial charge in [-0.15, -0.1) is 0 Å². The Kier molecular flexibility index (Phi) is 3.93. The lowest BCUT2D eigenvalue weighted by atomic mass is 9.73. The molecule has 1 aromatic rings. The van der Waals surface area contributed by atoms with Crippen LogP contribution < -0.4 is 0 Å². The van der Waals surface area contributed by atoms with Crippen LogP contribution in [0.4, 0.5) is 0 Å². The van der Waals surface area contributed by atoms with Crippen molar-refractivity contribution < 1.29 is 4.74 Å². The van der Waals surface area contributed by atoms with Crippen molar-refractivity contribution in [2.75, 3.05) is 0 Å². The van der Waals surface area contributed by atoms with Crippen molar-refractivity contribution in [3.63, 3.8) is 0 Å². The van der Waals surface area contributed by atoms with E-state index in [4.69, 9.17) is 4.74 Å². The van der Waals surface area contributed by atoms with Crippen molar-refractivity contribution in [1.29, 1.82) is 0 Å². The highest BCUT2D eigenvalue weighted by molar-refractivity contribution is 5.69. The fourth-order valence-electron chi connectivity index (χ4n) is 4.86. The third-order valence-electron chi connectivity index (χ3n) is 6.26. The van der Waals surface area contributed by atoms with Crippen LogP contribution in [-0.2, 0) is 4.74 Å². The number of benzene rings is 1. The summed E-state index contributed by atoms with van der Waals surface area (Å²) in [6.45, 7) is 6.98. The number of fused-ring (bicyclic) bond motifs is 2. The van der Waals surface area contributed by atoms with E-state index in [9.17, 15) is 0 Å². The number of hydrogen-bond acceptors (Lipinski definition) is 1. The normalized spacial score (nSPS) is 36.1. The predicted octanol–water partition coefficient (Wildman–Crippen LogP) is 5.65. The minimum Gasteiger partial charge on any atom is -0.366 e.